The summed E-state index contributed by atoms with van der Waals surface area (Å²) in [5.74, 6) is 0. The summed E-state index contributed by atoms with van der Waals surface area (Å²) in [7, 11) is -3.31. The third kappa shape index (κ3) is 2.68. The monoisotopic (exact) mass is 270 g/mol. The molecule has 0 N–H and O–H groups in total. The summed E-state index contributed by atoms with van der Waals surface area (Å²) in [6, 6.07) is 7.32. The van der Waals surface area contributed by atoms with Crippen molar-refractivity contribution in [2.75, 3.05) is 6.26 Å². The van der Waals surface area contributed by atoms with E-state index in [1.165, 1.54) is 6.20 Å². The summed E-state index contributed by atoms with van der Waals surface area (Å²) < 4.78 is 24.5. The highest BCUT2D eigenvalue weighted by molar-refractivity contribution is 7.90. The second kappa shape index (κ2) is 4.50. The van der Waals surface area contributed by atoms with Gasteiger partial charge in [-0.1, -0.05) is 29.8 Å². The average Bonchev–Trinajstić information content (AvgIpc) is 2.69. The van der Waals surface area contributed by atoms with Gasteiger partial charge in [0.25, 0.3) is 0 Å². The Hall–Kier alpha value is -1.33. The van der Waals surface area contributed by atoms with Crippen LogP contribution >= 0.6 is 11.6 Å². The van der Waals surface area contributed by atoms with Gasteiger partial charge in [-0.2, -0.15) is 0 Å². The normalized spacial score (nSPS) is 11.6. The van der Waals surface area contributed by atoms with E-state index in [2.05, 4.69) is 4.98 Å². The van der Waals surface area contributed by atoms with Crippen molar-refractivity contribution >= 4 is 21.4 Å². The summed E-state index contributed by atoms with van der Waals surface area (Å²) in [5, 5.41) is 0.665. The fraction of sp³-hybridized carbons (Fsp3) is 0.182. The SMILES string of the molecule is CS(=O)(=O)c1nccn1Cc1ccccc1Cl. The minimum Gasteiger partial charge on any atom is -0.317 e. The second-order valence-corrected chi connectivity index (χ2v) is 6.02. The second-order valence-electron chi connectivity index (χ2n) is 3.70. The molecule has 0 radical (unpaired) electrons. The van der Waals surface area contributed by atoms with E-state index in [0.29, 0.717) is 11.6 Å². The molecule has 0 atom stereocenters. The first kappa shape index (κ1) is 12.1. The molecule has 1 aromatic carbocycles. The van der Waals surface area contributed by atoms with Crippen LogP contribution in [0.2, 0.25) is 5.02 Å². The van der Waals surface area contributed by atoms with Gasteiger partial charge in [0.2, 0.25) is 15.0 Å². The van der Waals surface area contributed by atoms with E-state index in [1.54, 1.807) is 16.8 Å². The maximum absolute atomic E-state index is 11.5. The smallest absolute Gasteiger partial charge is 0.227 e. The summed E-state index contributed by atoms with van der Waals surface area (Å²) in [6.07, 6.45) is 4.23. The van der Waals surface area contributed by atoms with Crippen LogP contribution in [0.1, 0.15) is 5.56 Å². The van der Waals surface area contributed by atoms with Crippen molar-refractivity contribution < 1.29 is 8.42 Å². The molecule has 17 heavy (non-hydrogen) atoms. The van der Waals surface area contributed by atoms with Gasteiger partial charge >= 0.3 is 0 Å². The molecule has 0 saturated carbocycles. The summed E-state index contributed by atoms with van der Waals surface area (Å²) in [5.41, 5.74) is 0.858. The van der Waals surface area contributed by atoms with E-state index in [9.17, 15) is 8.42 Å². The molecule has 1 heterocycles. The predicted molar refractivity (Wildman–Crippen MR) is 65.9 cm³/mol. The number of benzene rings is 1. The Balaban J connectivity index is 2.39. The molecule has 0 amide bonds. The number of imidazole rings is 1. The van der Waals surface area contributed by atoms with Crippen molar-refractivity contribution in [1.29, 1.82) is 0 Å². The molecule has 0 aliphatic rings. The lowest BCUT2D eigenvalue weighted by molar-refractivity contribution is 0.578. The zero-order valence-electron chi connectivity index (χ0n) is 9.17. The largest absolute Gasteiger partial charge is 0.317 e. The minimum atomic E-state index is -3.31. The lowest BCUT2D eigenvalue weighted by atomic mass is 10.2. The van der Waals surface area contributed by atoms with Gasteiger partial charge < -0.3 is 4.57 Å². The maximum atomic E-state index is 11.5. The van der Waals surface area contributed by atoms with Crippen LogP contribution < -0.4 is 0 Å². The Kier molecular flexibility index (Phi) is 3.22. The van der Waals surface area contributed by atoms with E-state index in [4.69, 9.17) is 11.6 Å². The first-order valence-electron chi connectivity index (χ1n) is 4.93. The van der Waals surface area contributed by atoms with E-state index in [0.717, 1.165) is 11.8 Å². The molecule has 4 nitrogen and oxygen atoms in total. The highest BCUT2D eigenvalue weighted by atomic mass is 35.5. The van der Waals surface area contributed by atoms with Gasteiger partial charge in [0.05, 0.1) is 6.54 Å². The highest BCUT2D eigenvalue weighted by Gasteiger charge is 2.15. The number of rotatable bonds is 3. The minimum absolute atomic E-state index is 0.0532. The van der Waals surface area contributed by atoms with Crippen LogP contribution in [0.25, 0.3) is 0 Å². The van der Waals surface area contributed by atoms with Crippen molar-refractivity contribution in [3.8, 4) is 0 Å². The first-order chi connectivity index (χ1) is 7.98. The van der Waals surface area contributed by atoms with Crippen LogP contribution in [0.5, 0.6) is 0 Å². The van der Waals surface area contributed by atoms with Crippen LogP contribution in [-0.4, -0.2) is 24.2 Å². The van der Waals surface area contributed by atoms with Crippen LogP contribution in [0, 0.1) is 0 Å². The quantitative estimate of drug-likeness (QED) is 0.857. The molecule has 0 unspecified atom stereocenters. The van der Waals surface area contributed by atoms with Gasteiger partial charge in [-0.25, -0.2) is 13.4 Å². The molecule has 2 aromatic rings. The molecule has 0 spiro atoms. The fourth-order valence-corrected chi connectivity index (χ4v) is 2.55. The third-order valence-electron chi connectivity index (χ3n) is 2.31. The van der Waals surface area contributed by atoms with Crippen molar-refractivity contribution in [1.82, 2.24) is 9.55 Å². The Labute approximate surface area is 105 Å². The third-order valence-corrected chi connectivity index (χ3v) is 3.68. The number of sulfone groups is 1. The molecule has 0 aliphatic heterocycles. The first-order valence-corrected chi connectivity index (χ1v) is 7.20. The van der Waals surface area contributed by atoms with Crippen LogP contribution in [0.4, 0.5) is 0 Å². The van der Waals surface area contributed by atoms with Gasteiger partial charge in [0, 0.05) is 23.7 Å². The van der Waals surface area contributed by atoms with Crippen molar-refractivity contribution in [3.63, 3.8) is 0 Å². The van der Waals surface area contributed by atoms with Crippen LogP contribution in [0.15, 0.2) is 41.8 Å². The van der Waals surface area contributed by atoms with Gasteiger partial charge in [-0.3, -0.25) is 0 Å². The number of hydrogen-bond donors (Lipinski definition) is 0. The van der Waals surface area contributed by atoms with E-state index in [1.807, 2.05) is 18.2 Å². The predicted octanol–water partition coefficient (Wildman–Crippen LogP) is 1.99. The number of nitrogens with zero attached hydrogens (tertiary/aromatic N) is 2. The van der Waals surface area contributed by atoms with Crippen LogP contribution in [0.3, 0.4) is 0 Å². The molecule has 0 saturated heterocycles. The van der Waals surface area contributed by atoms with Gasteiger partial charge in [0.15, 0.2) is 0 Å². The van der Waals surface area contributed by atoms with E-state index < -0.39 is 9.84 Å². The highest BCUT2D eigenvalue weighted by Crippen LogP contribution is 2.17. The Bertz CT molecular complexity index is 634. The van der Waals surface area contributed by atoms with Crippen molar-refractivity contribution in [2.45, 2.75) is 11.7 Å². The Morgan fingerprint density at radius 2 is 2.06 bits per heavy atom. The molecule has 2 rings (SSSR count). The standard InChI is InChI=1S/C11H11ClN2O2S/c1-17(15,16)11-13-6-7-14(11)8-9-4-2-3-5-10(9)12/h2-7H,8H2,1H3. The van der Waals surface area contributed by atoms with Crippen molar-refractivity contribution in [3.05, 3.63) is 47.2 Å². The number of halogens is 1. The summed E-state index contributed by atoms with van der Waals surface area (Å²) in [4.78, 5) is 3.85. The molecular weight excluding hydrogens is 260 g/mol. The van der Waals surface area contributed by atoms with Crippen LogP contribution in [-0.2, 0) is 16.4 Å². The summed E-state index contributed by atoms with van der Waals surface area (Å²) in [6.45, 7) is 0.391. The number of aromatic nitrogens is 2. The molecular formula is C11H11ClN2O2S. The van der Waals surface area contributed by atoms with Crippen molar-refractivity contribution in [2.24, 2.45) is 0 Å². The zero-order chi connectivity index (χ0) is 12.5. The molecule has 0 fully saturated rings. The topological polar surface area (TPSA) is 52.0 Å². The average molecular weight is 271 g/mol. The summed E-state index contributed by atoms with van der Waals surface area (Å²) >= 11 is 6.02. The van der Waals surface area contributed by atoms with E-state index >= 15 is 0 Å². The Morgan fingerprint density at radius 1 is 1.35 bits per heavy atom. The van der Waals surface area contributed by atoms with Gasteiger partial charge in [-0.05, 0) is 11.6 Å². The molecule has 6 heteroatoms. The van der Waals surface area contributed by atoms with Gasteiger partial charge in [0.1, 0.15) is 0 Å². The molecule has 90 valence electrons. The molecule has 0 aliphatic carbocycles. The lowest BCUT2D eigenvalue weighted by Gasteiger charge is -2.07. The van der Waals surface area contributed by atoms with Gasteiger partial charge in [-0.15, -0.1) is 0 Å². The molecule has 1 aromatic heterocycles. The maximum Gasteiger partial charge on any atom is 0.227 e. The fourth-order valence-electron chi connectivity index (χ4n) is 1.55. The number of hydrogen-bond acceptors (Lipinski definition) is 3. The van der Waals surface area contributed by atoms with E-state index in [-0.39, 0.29) is 5.16 Å². The zero-order valence-corrected chi connectivity index (χ0v) is 10.7. The lowest BCUT2D eigenvalue weighted by Crippen LogP contribution is -2.09. The molecule has 0 bridgehead atoms. The Morgan fingerprint density at radius 3 is 2.71 bits per heavy atom.